The molecule has 0 radical (unpaired) electrons. The monoisotopic (exact) mass is 237 g/mol. The van der Waals surface area contributed by atoms with E-state index >= 15 is 0 Å². The molecule has 1 fully saturated rings. The van der Waals surface area contributed by atoms with Crippen LogP contribution in [0.15, 0.2) is 18.5 Å². The van der Waals surface area contributed by atoms with E-state index in [0.717, 1.165) is 31.7 Å². The minimum Gasteiger partial charge on any atom is -0.298 e. The molecule has 0 spiro atoms. The van der Waals surface area contributed by atoms with E-state index in [2.05, 4.69) is 28.6 Å². The first-order valence-corrected chi connectivity index (χ1v) is 6.21. The van der Waals surface area contributed by atoms with Gasteiger partial charge in [-0.05, 0) is 19.9 Å². The Morgan fingerprint density at radius 3 is 2.59 bits per heavy atom. The van der Waals surface area contributed by atoms with Gasteiger partial charge in [0.05, 0.1) is 6.20 Å². The summed E-state index contributed by atoms with van der Waals surface area (Å²) in [6.07, 6.45) is 2.95. The molecule has 2 heterocycles. The van der Waals surface area contributed by atoms with E-state index < -0.39 is 0 Å². The molecule has 0 aromatic carbocycles. The zero-order valence-corrected chi connectivity index (χ0v) is 10.6. The first-order chi connectivity index (χ1) is 8.16. The molecule has 1 aromatic heterocycles. The highest BCUT2D eigenvalue weighted by atomic mass is 19.1. The highest BCUT2D eigenvalue weighted by molar-refractivity contribution is 5.12. The zero-order chi connectivity index (χ0) is 12.3. The van der Waals surface area contributed by atoms with Crippen molar-refractivity contribution in [3.63, 3.8) is 0 Å². The highest BCUT2D eigenvalue weighted by Crippen LogP contribution is 2.12. The minimum atomic E-state index is -0.196. The lowest BCUT2D eigenvalue weighted by atomic mass is 10.2. The quantitative estimate of drug-likeness (QED) is 0.798. The summed E-state index contributed by atoms with van der Waals surface area (Å²) in [6.45, 7) is 9.31. The number of pyridine rings is 1. The average molecular weight is 237 g/mol. The SMILES string of the molecule is CC(C)N1CCN(Cc2ccncc2F)CC1. The number of aromatic nitrogens is 1. The maximum Gasteiger partial charge on any atom is 0.145 e. The molecule has 1 aliphatic rings. The van der Waals surface area contributed by atoms with Gasteiger partial charge in [0.2, 0.25) is 0 Å². The molecule has 4 heteroatoms. The molecule has 0 aliphatic carbocycles. The second-order valence-electron chi connectivity index (χ2n) is 4.87. The van der Waals surface area contributed by atoms with E-state index in [4.69, 9.17) is 0 Å². The maximum absolute atomic E-state index is 13.4. The van der Waals surface area contributed by atoms with Crippen molar-refractivity contribution in [3.8, 4) is 0 Å². The normalized spacial score (nSPS) is 18.8. The van der Waals surface area contributed by atoms with Crippen molar-refractivity contribution in [1.29, 1.82) is 0 Å². The van der Waals surface area contributed by atoms with Crippen LogP contribution in [0.1, 0.15) is 19.4 Å². The third-order valence-corrected chi connectivity index (χ3v) is 3.39. The molecule has 94 valence electrons. The van der Waals surface area contributed by atoms with E-state index in [1.165, 1.54) is 6.20 Å². The maximum atomic E-state index is 13.4. The standard InChI is InChI=1S/C13H20FN3/c1-11(2)17-7-5-16(6-8-17)10-12-3-4-15-9-13(12)14/h3-4,9,11H,5-8,10H2,1-2H3. The summed E-state index contributed by atoms with van der Waals surface area (Å²) >= 11 is 0. The first kappa shape index (κ1) is 12.5. The van der Waals surface area contributed by atoms with E-state index in [1.54, 1.807) is 12.3 Å². The van der Waals surface area contributed by atoms with Gasteiger partial charge in [-0.1, -0.05) is 0 Å². The largest absolute Gasteiger partial charge is 0.298 e. The molecule has 0 unspecified atom stereocenters. The van der Waals surface area contributed by atoms with Crippen LogP contribution in [0.2, 0.25) is 0 Å². The highest BCUT2D eigenvalue weighted by Gasteiger charge is 2.19. The smallest absolute Gasteiger partial charge is 0.145 e. The Bertz CT molecular complexity index is 359. The molecule has 1 aromatic rings. The molecule has 17 heavy (non-hydrogen) atoms. The van der Waals surface area contributed by atoms with Gasteiger partial charge in [-0.25, -0.2) is 4.39 Å². The third-order valence-electron chi connectivity index (χ3n) is 3.39. The predicted octanol–water partition coefficient (Wildman–Crippen LogP) is 1.75. The van der Waals surface area contributed by atoms with E-state index in [-0.39, 0.29) is 5.82 Å². The summed E-state index contributed by atoms with van der Waals surface area (Å²) in [7, 11) is 0. The van der Waals surface area contributed by atoms with Crippen LogP contribution >= 0.6 is 0 Å². The number of halogens is 1. The number of nitrogens with zero attached hydrogens (tertiary/aromatic N) is 3. The summed E-state index contributed by atoms with van der Waals surface area (Å²) in [6, 6.07) is 2.37. The van der Waals surface area contributed by atoms with Gasteiger partial charge >= 0.3 is 0 Å². The van der Waals surface area contributed by atoms with E-state index in [9.17, 15) is 4.39 Å². The van der Waals surface area contributed by atoms with Crippen molar-refractivity contribution < 1.29 is 4.39 Å². The van der Waals surface area contributed by atoms with Gasteiger partial charge in [0.1, 0.15) is 5.82 Å². The van der Waals surface area contributed by atoms with Crippen LogP contribution in [0.25, 0.3) is 0 Å². The number of piperazine rings is 1. The predicted molar refractivity (Wildman–Crippen MR) is 66.2 cm³/mol. The third kappa shape index (κ3) is 3.23. The van der Waals surface area contributed by atoms with Gasteiger partial charge in [0, 0.05) is 50.5 Å². The van der Waals surface area contributed by atoms with E-state index in [0.29, 0.717) is 12.6 Å². The van der Waals surface area contributed by atoms with Gasteiger partial charge in [0.25, 0.3) is 0 Å². The molecule has 1 aliphatic heterocycles. The Morgan fingerprint density at radius 2 is 2.00 bits per heavy atom. The van der Waals surface area contributed by atoms with Gasteiger partial charge in [-0.15, -0.1) is 0 Å². The van der Waals surface area contributed by atoms with Crippen LogP contribution in [-0.2, 0) is 6.54 Å². The molecule has 0 saturated carbocycles. The molecule has 0 atom stereocenters. The number of hydrogen-bond donors (Lipinski definition) is 0. The summed E-state index contributed by atoms with van der Waals surface area (Å²) in [5, 5.41) is 0. The second-order valence-corrected chi connectivity index (χ2v) is 4.87. The van der Waals surface area contributed by atoms with Crippen molar-refractivity contribution in [1.82, 2.24) is 14.8 Å². The molecule has 3 nitrogen and oxygen atoms in total. The van der Waals surface area contributed by atoms with Crippen molar-refractivity contribution in [3.05, 3.63) is 29.8 Å². The number of hydrogen-bond acceptors (Lipinski definition) is 3. The average Bonchev–Trinajstić information content (AvgIpc) is 2.33. The van der Waals surface area contributed by atoms with Gasteiger partial charge in [-0.2, -0.15) is 0 Å². The van der Waals surface area contributed by atoms with Crippen LogP contribution in [0.3, 0.4) is 0 Å². The van der Waals surface area contributed by atoms with Crippen LogP contribution in [0.5, 0.6) is 0 Å². The summed E-state index contributed by atoms with van der Waals surface area (Å²) < 4.78 is 13.4. The van der Waals surface area contributed by atoms with Crippen LogP contribution in [0.4, 0.5) is 4.39 Å². The van der Waals surface area contributed by atoms with Crippen molar-refractivity contribution in [2.75, 3.05) is 26.2 Å². The number of rotatable bonds is 3. The first-order valence-electron chi connectivity index (χ1n) is 6.21. The lowest BCUT2D eigenvalue weighted by Gasteiger charge is -2.36. The Labute approximate surface area is 102 Å². The minimum absolute atomic E-state index is 0.196. The fraction of sp³-hybridized carbons (Fsp3) is 0.615. The van der Waals surface area contributed by atoms with Crippen LogP contribution in [0, 0.1) is 5.82 Å². The second kappa shape index (κ2) is 5.56. The molecule has 1 saturated heterocycles. The molecule has 0 N–H and O–H groups in total. The lowest BCUT2D eigenvalue weighted by Crippen LogP contribution is -2.48. The summed E-state index contributed by atoms with van der Waals surface area (Å²) in [4.78, 5) is 8.53. The molecular formula is C13H20FN3. The molecule has 0 bridgehead atoms. The van der Waals surface area contributed by atoms with E-state index in [1.807, 2.05) is 0 Å². The fourth-order valence-electron chi connectivity index (χ4n) is 2.21. The van der Waals surface area contributed by atoms with Crippen LogP contribution in [-0.4, -0.2) is 47.0 Å². The Hall–Kier alpha value is -1.00. The van der Waals surface area contributed by atoms with Gasteiger partial charge in [-0.3, -0.25) is 14.8 Å². The summed E-state index contributed by atoms with van der Waals surface area (Å²) in [5.41, 5.74) is 0.748. The molecule has 0 amide bonds. The molecule has 2 rings (SSSR count). The topological polar surface area (TPSA) is 19.4 Å². The Balaban J connectivity index is 1.88. The molecular weight excluding hydrogens is 217 g/mol. The van der Waals surface area contributed by atoms with Crippen molar-refractivity contribution in [2.45, 2.75) is 26.4 Å². The van der Waals surface area contributed by atoms with Crippen molar-refractivity contribution in [2.24, 2.45) is 0 Å². The van der Waals surface area contributed by atoms with Gasteiger partial charge < -0.3 is 0 Å². The summed E-state index contributed by atoms with van der Waals surface area (Å²) in [5.74, 6) is -0.196. The van der Waals surface area contributed by atoms with Crippen molar-refractivity contribution >= 4 is 0 Å². The fourth-order valence-corrected chi connectivity index (χ4v) is 2.21. The van der Waals surface area contributed by atoms with Crippen LogP contribution < -0.4 is 0 Å². The Kier molecular flexibility index (Phi) is 4.07. The zero-order valence-electron chi connectivity index (χ0n) is 10.6. The lowest BCUT2D eigenvalue weighted by molar-refractivity contribution is 0.103. The Morgan fingerprint density at radius 1 is 1.29 bits per heavy atom. The van der Waals surface area contributed by atoms with Gasteiger partial charge in [0.15, 0.2) is 0 Å².